The fraction of sp³-hybridized carbons (Fsp3) is 0.0370. The molecule has 0 aliphatic rings. The highest BCUT2D eigenvalue weighted by Gasteiger charge is 2.28. The molecule has 0 spiro atoms. The number of nitrogens with zero attached hydrogens (tertiary/aromatic N) is 3. The molecule has 13 nitrogen and oxygen atoms in total. The van der Waals surface area contributed by atoms with Gasteiger partial charge < -0.3 is 9.47 Å². The third-order valence-corrected chi connectivity index (χ3v) is 5.58. The van der Waals surface area contributed by atoms with E-state index >= 15 is 0 Å². The summed E-state index contributed by atoms with van der Waals surface area (Å²) in [5, 5.41) is 33.4. The maximum absolute atomic E-state index is 13.3. The predicted octanol–water partition coefficient (Wildman–Crippen LogP) is 5.98. The van der Waals surface area contributed by atoms with Gasteiger partial charge in [0.25, 0.3) is 11.4 Å². The SMILES string of the molecule is O=C(O[C@H](C(=O)c1ccccc1)c1ccc([N+](=O)[O-])cc1)c1cccc(Oc2ccc([N+](=O)[O-])cc2[N+](=O)[O-])c1. The number of benzene rings is 4. The van der Waals surface area contributed by atoms with E-state index in [1.165, 1.54) is 60.7 Å². The minimum atomic E-state index is -1.45. The first-order valence-corrected chi connectivity index (χ1v) is 11.4. The van der Waals surface area contributed by atoms with E-state index in [0.29, 0.717) is 0 Å². The highest BCUT2D eigenvalue weighted by molar-refractivity contribution is 6.02. The third-order valence-electron chi connectivity index (χ3n) is 5.58. The number of carbonyl (C=O) groups is 2. The summed E-state index contributed by atoms with van der Waals surface area (Å²) in [6.07, 6.45) is -1.45. The molecule has 0 saturated carbocycles. The lowest BCUT2D eigenvalue weighted by molar-refractivity contribution is -0.394. The zero-order chi connectivity index (χ0) is 28.8. The molecular formula is C27H17N3O10. The van der Waals surface area contributed by atoms with E-state index in [1.54, 1.807) is 18.2 Å². The average Bonchev–Trinajstić information content (AvgIpc) is 2.96. The summed E-state index contributed by atoms with van der Waals surface area (Å²) in [5.74, 6) is -1.84. The van der Waals surface area contributed by atoms with Crippen molar-refractivity contribution in [1.29, 1.82) is 0 Å². The summed E-state index contributed by atoms with van der Waals surface area (Å²) in [7, 11) is 0. The van der Waals surface area contributed by atoms with Gasteiger partial charge in [0, 0.05) is 29.3 Å². The maximum atomic E-state index is 13.3. The molecule has 4 rings (SSSR count). The minimum Gasteiger partial charge on any atom is -0.450 e. The number of ketones is 1. The lowest BCUT2D eigenvalue weighted by Gasteiger charge is -2.18. The Morgan fingerprint density at radius 1 is 0.650 bits per heavy atom. The van der Waals surface area contributed by atoms with Gasteiger partial charge in [-0.15, -0.1) is 0 Å². The largest absolute Gasteiger partial charge is 0.450 e. The highest BCUT2D eigenvalue weighted by Crippen LogP contribution is 2.35. The van der Waals surface area contributed by atoms with Crippen LogP contribution in [0.4, 0.5) is 17.1 Å². The average molecular weight is 543 g/mol. The number of non-ortho nitro benzene ring substituents is 2. The number of nitro benzene ring substituents is 3. The van der Waals surface area contributed by atoms with Crippen molar-refractivity contribution >= 4 is 28.8 Å². The Bertz CT molecular complexity index is 1620. The summed E-state index contributed by atoms with van der Waals surface area (Å²) < 4.78 is 11.1. The lowest BCUT2D eigenvalue weighted by atomic mass is 9.99. The fourth-order valence-electron chi connectivity index (χ4n) is 3.63. The number of rotatable bonds is 10. The fourth-order valence-corrected chi connectivity index (χ4v) is 3.63. The Morgan fingerprint density at radius 3 is 1.90 bits per heavy atom. The van der Waals surface area contributed by atoms with Crippen molar-refractivity contribution < 1.29 is 33.8 Å². The number of nitro groups is 3. The van der Waals surface area contributed by atoms with E-state index in [2.05, 4.69) is 0 Å². The smallest absolute Gasteiger partial charge is 0.339 e. The molecule has 200 valence electrons. The van der Waals surface area contributed by atoms with E-state index < -0.39 is 44.0 Å². The van der Waals surface area contributed by atoms with Crippen molar-refractivity contribution in [2.24, 2.45) is 0 Å². The van der Waals surface area contributed by atoms with Crippen LogP contribution in [0.15, 0.2) is 97.1 Å². The Morgan fingerprint density at radius 2 is 1.27 bits per heavy atom. The van der Waals surface area contributed by atoms with Crippen LogP contribution < -0.4 is 4.74 Å². The number of ether oxygens (including phenoxy) is 2. The molecule has 0 aromatic heterocycles. The molecule has 0 heterocycles. The molecular weight excluding hydrogens is 526 g/mol. The molecule has 0 amide bonds. The summed E-state index contributed by atoms with van der Waals surface area (Å²) in [6.45, 7) is 0. The monoisotopic (exact) mass is 543 g/mol. The molecule has 4 aromatic rings. The molecule has 0 saturated heterocycles. The number of esters is 1. The van der Waals surface area contributed by atoms with Gasteiger partial charge in [0.15, 0.2) is 6.10 Å². The van der Waals surface area contributed by atoms with E-state index in [4.69, 9.17) is 9.47 Å². The van der Waals surface area contributed by atoms with Crippen molar-refractivity contribution in [3.8, 4) is 11.5 Å². The third kappa shape index (κ3) is 6.11. The normalized spacial score (nSPS) is 11.2. The Labute approximate surface area is 224 Å². The maximum Gasteiger partial charge on any atom is 0.339 e. The molecule has 0 aliphatic carbocycles. The lowest BCUT2D eigenvalue weighted by Crippen LogP contribution is -2.20. The van der Waals surface area contributed by atoms with Crippen molar-refractivity contribution in [2.45, 2.75) is 6.10 Å². The van der Waals surface area contributed by atoms with E-state index in [9.17, 15) is 39.9 Å². The van der Waals surface area contributed by atoms with Crippen molar-refractivity contribution in [1.82, 2.24) is 0 Å². The Hall–Kier alpha value is -5.98. The van der Waals surface area contributed by atoms with Crippen LogP contribution in [0, 0.1) is 30.3 Å². The summed E-state index contributed by atoms with van der Waals surface area (Å²) in [5.41, 5.74) is -1.02. The van der Waals surface area contributed by atoms with Crippen LogP contribution in [-0.2, 0) is 4.74 Å². The van der Waals surface area contributed by atoms with Gasteiger partial charge in [-0.1, -0.05) is 36.4 Å². The van der Waals surface area contributed by atoms with Gasteiger partial charge in [-0.25, -0.2) is 4.79 Å². The predicted molar refractivity (Wildman–Crippen MR) is 138 cm³/mol. The number of Topliss-reactive ketones (excluding diaryl/α,β-unsaturated/α-hetero) is 1. The number of carbonyl (C=O) groups excluding carboxylic acids is 2. The molecule has 13 heteroatoms. The Balaban J connectivity index is 1.62. The van der Waals surface area contributed by atoms with E-state index in [0.717, 1.165) is 18.2 Å². The molecule has 0 radical (unpaired) electrons. The van der Waals surface area contributed by atoms with Crippen LogP contribution in [0.3, 0.4) is 0 Å². The van der Waals surface area contributed by atoms with Gasteiger partial charge in [0.05, 0.1) is 26.4 Å². The summed E-state index contributed by atoms with van der Waals surface area (Å²) in [4.78, 5) is 57.6. The molecule has 0 bridgehead atoms. The molecule has 1 atom stereocenters. The van der Waals surface area contributed by atoms with Crippen LogP contribution in [0.2, 0.25) is 0 Å². The van der Waals surface area contributed by atoms with Crippen LogP contribution in [0.5, 0.6) is 11.5 Å². The Kier molecular flexibility index (Phi) is 7.85. The summed E-state index contributed by atoms with van der Waals surface area (Å²) >= 11 is 0. The van der Waals surface area contributed by atoms with Gasteiger partial charge >= 0.3 is 11.7 Å². The first kappa shape index (κ1) is 27.1. The number of hydrogen-bond donors (Lipinski definition) is 0. The van der Waals surface area contributed by atoms with Crippen LogP contribution in [-0.4, -0.2) is 26.5 Å². The second-order valence-corrected chi connectivity index (χ2v) is 8.16. The molecule has 0 fully saturated rings. The zero-order valence-electron chi connectivity index (χ0n) is 20.2. The molecule has 4 aromatic carbocycles. The van der Waals surface area contributed by atoms with Gasteiger partial charge in [-0.3, -0.25) is 35.1 Å². The standard InChI is InChI=1S/C27H17N3O10/c31-25(17-5-2-1-3-6-17)26(18-9-11-20(12-10-18)28(33)34)40-27(32)19-7-4-8-22(15-19)39-24-14-13-21(29(35)36)16-23(24)30(37)38/h1-16,26H/t26-/m0/s1. The topological polar surface area (TPSA) is 182 Å². The minimum absolute atomic E-state index is 0.0207. The van der Waals surface area contributed by atoms with Crippen molar-refractivity contribution in [3.63, 3.8) is 0 Å². The second-order valence-electron chi connectivity index (χ2n) is 8.16. The quantitative estimate of drug-likeness (QED) is 0.0997. The summed E-state index contributed by atoms with van der Waals surface area (Å²) in [6, 6.07) is 21.2. The first-order valence-electron chi connectivity index (χ1n) is 11.4. The van der Waals surface area contributed by atoms with Gasteiger partial charge in [0.2, 0.25) is 11.5 Å². The number of hydrogen-bond acceptors (Lipinski definition) is 10. The second kappa shape index (κ2) is 11.6. The van der Waals surface area contributed by atoms with Crippen LogP contribution in [0.25, 0.3) is 0 Å². The first-order chi connectivity index (χ1) is 19.1. The molecule has 0 N–H and O–H groups in total. The van der Waals surface area contributed by atoms with Crippen LogP contribution >= 0.6 is 0 Å². The molecule has 0 aliphatic heterocycles. The van der Waals surface area contributed by atoms with E-state index in [1.807, 2.05) is 0 Å². The molecule has 0 unspecified atom stereocenters. The molecule has 40 heavy (non-hydrogen) atoms. The van der Waals surface area contributed by atoms with Crippen molar-refractivity contribution in [2.75, 3.05) is 0 Å². The van der Waals surface area contributed by atoms with Crippen LogP contribution in [0.1, 0.15) is 32.4 Å². The van der Waals surface area contributed by atoms with Crippen molar-refractivity contribution in [3.05, 3.63) is 144 Å². The van der Waals surface area contributed by atoms with Gasteiger partial charge in [-0.05, 0) is 36.4 Å². The zero-order valence-corrected chi connectivity index (χ0v) is 20.2. The van der Waals surface area contributed by atoms with Gasteiger partial charge in [0.1, 0.15) is 5.75 Å². The van der Waals surface area contributed by atoms with E-state index in [-0.39, 0.29) is 33.9 Å². The highest BCUT2D eigenvalue weighted by atomic mass is 16.6. The van der Waals surface area contributed by atoms with Gasteiger partial charge in [-0.2, -0.15) is 0 Å².